The molecule has 2 aliphatic rings. The van der Waals surface area contributed by atoms with Gasteiger partial charge < -0.3 is 4.90 Å². The van der Waals surface area contributed by atoms with E-state index in [1.165, 1.54) is 36.4 Å². The summed E-state index contributed by atoms with van der Waals surface area (Å²) >= 11 is 1.75. The van der Waals surface area contributed by atoms with Gasteiger partial charge in [-0.1, -0.05) is 36.4 Å². The number of rotatable bonds is 5. The van der Waals surface area contributed by atoms with E-state index in [9.17, 15) is 4.79 Å². The van der Waals surface area contributed by atoms with Gasteiger partial charge in [0, 0.05) is 29.9 Å². The number of piperidine rings is 1. The van der Waals surface area contributed by atoms with Crippen LogP contribution in [0.15, 0.2) is 47.8 Å². The first-order chi connectivity index (χ1) is 12.8. The van der Waals surface area contributed by atoms with Crippen molar-refractivity contribution < 1.29 is 4.79 Å². The van der Waals surface area contributed by atoms with Gasteiger partial charge in [0.1, 0.15) is 0 Å². The second-order valence-corrected chi connectivity index (χ2v) is 8.58. The maximum atomic E-state index is 12.7. The lowest BCUT2D eigenvalue weighted by atomic mass is 9.79. The molecule has 2 aromatic rings. The first kappa shape index (κ1) is 17.7. The molecule has 0 aliphatic carbocycles. The monoisotopic (exact) mass is 368 g/mol. The normalized spacial score (nSPS) is 20.4. The predicted octanol–water partition coefficient (Wildman–Crippen LogP) is 4.29. The first-order valence-corrected chi connectivity index (χ1v) is 10.8. The summed E-state index contributed by atoms with van der Waals surface area (Å²) in [4.78, 5) is 18.8. The topological polar surface area (TPSA) is 23.6 Å². The largest absolute Gasteiger partial charge is 0.343 e. The lowest BCUT2D eigenvalue weighted by Crippen LogP contribution is -2.53. The molecule has 4 heteroatoms. The summed E-state index contributed by atoms with van der Waals surface area (Å²) < 4.78 is 0. The smallest absolute Gasteiger partial charge is 0.222 e. The zero-order valence-corrected chi connectivity index (χ0v) is 16.2. The average Bonchev–Trinajstić information content (AvgIpc) is 3.41. The lowest BCUT2D eigenvalue weighted by Gasteiger charge is -2.48. The highest BCUT2D eigenvalue weighted by Crippen LogP contribution is 2.40. The van der Waals surface area contributed by atoms with Crippen LogP contribution in [0.25, 0.3) is 0 Å². The number of aryl methyl sites for hydroxylation is 1. The van der Waals surface area contributed by atoms with Crippen molar-refractivity contribution in [3.8, 4) is 0 Å². The van der Waals surface area contributed by atoms with Crippen LogP contribution in [0.5, 0.6) is 0 Å². The highest BCUT2D eigenvalue weighted by molar-refractivity contribution is 7.09. The van der Waals surface area contributed by atoms with Gasteiger partial charge in [-0.2, -0.15) is 0 Å². The van der Waals surface area contributed by atoms with Crippen molar-refractivity contribution in [2.75, 3.05) is 26.2 Å². The molecular weight excluding hydrogens is 340 g/mol. The van der Waals surface area contributed by atoms with Crippen LogP contribution in [0.1, 0.15) is 42.5 Å². The van der Waals surface area contributed by atoms with Crippen LogP contribution in [0.2, 0.25) is 0 Å². The molecule has 0 radical (unpaired) electrons. The minimum absolute atomic E-state index is 0.127. The van der Waals surface area contributed by atoms with E-state index in [-0.39, 0.29) is 5.54 Å². The van der Waals surface area contributed by atoms with E-state index in [0.717, 1.165) is 32.4 Å². The molecule has 0 saturated carbocycles. The summed E-state index contributed by atoms with van der Waals surface area (Å²) in [5.41, 5.74) is 1.56. The highest BCUT2D eigenvalue weighted by Gasteiger charge is 2.42. The molecule has 3 heterocycles. The van der Waals surface area contributed by atoms with Gasteiger partial charge in [-0.3, -0.25) is 9.69 Å². The van der Waals surface area contributed by atoms with Crippen LogP contribution < -0.4 is 0 Å². The number of likely N-dealkylation sites (tertiary alicyclic amines) is 2. The highest BCUT2D eigenvalue weighted by atomic mass is 32.1. The van der Waals surface area contributed by atoms with Crippen molar-refractivity contribution in [2.24, 2.45) is 0 Å². The van der Waals surface area contributed by atoms with Crippen LogP contribution in [0.4, 0.5) is 0 Å². The SMILES string of the molecule is O=C(CCc1cccs1)N1CCC(c2ccccc2)(N2CCCC2)CC1. The van der Waals surface area contributed by atoms with Gasteiger partial charge in [-0.05, 0) is 62.2 Å². The molecule has 3 nitrogen and oxygen atoms in total. The Kier molecular flexibility index (Phi) is 5.41. The van der Waals surface area contributed by atoms with Crippen LogP contribution in [0, 0.1) is 0 Å². The van der Waals surface area contributed by atoms with Crippen molar-refractivity contribution in [3.63, 3.8) is 0 Å². The minimum atomic E-state index is 0.127. The van der Waals surface area contributed by atoms with Crippen LogP contribution in [0.3, 0.4) is 0 Å². The molecule has 4 rings (SSSR count). The van der Waals surface area contributed by atoms with Crippen molar-refractivity contribution in [2.45, 2.75) is 44.1 Å². The third-order valence-corrected chi connectivity index (χ3v) is 7.07. The van der Waals surface area contributed by atoms with Crippen molar-refractivity contribution in [1.29, 1.82) is 0 Å². The van der Waals surface area contributed by atoms with Gasteiger partial charge in [-0.15, -0.1) is 11.3 Å². The van der Waals surface area contributed by atoms with Gasteiger partial charge >= 0.3 is 0 Å². The maximum Gasteiger partial charge on any atom is 0.222 e. The Balaban J connectivity index is 1.43. The fraction of sp³-hybridized carbons (Fsp3) is 0.500. The van der Waals surface area contributed by atoms with Gasteiger partial charge in [0.15, 0.2) is 0 Å². The Bertz CT molecular complexity index is 699. The number of hydrogen-bond acceptors (Lipinski definition) is 3. The van der Waals surface area contributed by atoms with E-state index in [2.05, 4.69) is 57.6 Å². The van der Waals surface area contributed by atoms with Gasteiger partial charge in [0.25, 0.3) is 0 Å². The second-order valence-electron chi connectivity index (χ2n) is 7.55. The van der Waals surface area contributed by atoms with Gasteiger partial charge in [0.2, 0.25) is 5.91 Å². The zero-order chi connectivity index (χ0) is 17.8. The molecule has 0 unspecified atom stereocenters. The molecule has 0 bridgehead atoms. The maximum absolute atomic E-state index is 12.7. The molecule has 1 aromatic heterocycles. The van der Waals surface area contributed by atoms with Crippen molar-refractivity contribution >= 4 is 17.2 Å². The zero-order valence-electron chi connectivity index (χ0n) is 15.4. The van der Waals surface area contributed by atoms with Crippen molar-refractivity contribution in [3.05, 3.63) is 58.3 Å². The quantitative estimate of drug-likeness (QED) is 0.786. The number of carbonyl (C=O) groups excluding carboxylic acids is 1. The number of thiophene rings is 1. The molecule has 26 heavy (non-hydrogen) atoms. The second kappa shape index (κ2) is 7.93. The van der Waals surface area contributed by atoms with Gasteiger partial charge in [-0.25, -0.2) is 0 Å². The Hall–Kier alpha value is -1.65. The average molecular weight is 369 g/mol. The summed E-state index contributed by atoms with van der Waals surface area (Å²) in [6.07, 6.45) is 6.24. The van der Waals surface area contributed by atoms with Gasteiger partial charge in [0.05, 0.1) is 0 Å². The summed E-state index contributed by atoms with van der Waals surface area (Å²) in [7, 11) is 0. The molecule has 0 atom stereocenters. The Morgan fingerprint density at radius 2 is 1.69 bits per heavy atom. The minimum Gasteiger partial charge on any atom is -0.343 e. The number of carbonyl (C=O) groups is 1. The number of nitrogens with zero attached hydrogens (tertiary/aromatic N) is 2. The molecule has 0 N–H and O–H groups in total. The van der Waals surface area contributed by atoms with E-state index < -0.39 is 0 Å². The van der Waals surface area contributed by atoms with Crippen LogP contribution in [-0.2, 0) is 16.8 Å². The molecular formula is C22H28N2OS. The molecule has 138 valence electrons. The third-order valence-electron chi connectivity index (χ3n) is 6.13. The molecule has 0 spiro atoms. The van der Waals surface area contributed by atoms with E-state index >= 15 is 0 Å². The van der Waals surface area contributed by atoms with Crippen LogP contribution in [-0.4, -0.2) is 41.9 Å². The van der Waals surface area contributed by atoms with Crippen LogP contribution >= 0.6 is 11.3 Å². The third kappa shape index (κ3) is 3.58. The first-order valence-electron chi connectivity index (χ1n) is 9.89. The number of hydrogen-bond donors (Lipinski definition) is 0. The molecule has 2 fully saturated rings. The fourth-order valence-corrected chi connectivity index (χ4v) is 5.36. The molecule has 2 aliphatic heterocycles. The fourth-order valence-electron chi connectivity index (χ4n) is 4.65. The van der Waals surface area contributed by atoms with E-state index in [4.69, 9.17) is 0 Å². The van der Waals surface area contributed by atoms with E-state index in [0.29, 0.717) is 12.3 Å². The lowest BCUT2D eigenvalue weighted by molar-refractivity contribution is -0.134. The molecule has 2 saturated heterocycles. The van der Waals surface area contributed by atoms with E-state index in [1.54, 1.807) is 11.3 Å². The van der Waals surface area contributed by atoms with Crippen molar-refractivity contribution in [1.82, 2.24) is 9.80 Å². The summed E-state index contributed by atoms with van der Waals surface area (Å²) in [6.45, 7) is 4.16. The Morgan fingerprint density at radius 1 is 0.962 bits per heavy atom. The Morgan fingerprint density at radius 3 is 2.35 bits per heavy atom. The number of amides is 1. The van der Waals surface area contributed by atoms with E-state index in [1.807, 2.05) is 0 Å². The summed E-state index contributed by atoms with van der Waals surface area (Å²) in [6, 6.07) is 15.2. The number of benzene rings is 1. The molecule has 1 amide bonds. The molecule has 1 aromatic carbocycles. The summed E-state index contributed by atoms with van der Waals surface area (Å²) in [5.74, 6) is 0.321. The predicted molar refractivity (Wildman–Crippen MR) is 107 cm³/mol. The summed E-state index contributed by atoms with van der Waals surface area (Å²) in [5, 5.41) is 2.09. The standard InChI is InChI=1S/C22H28N2OS/c25-21(11-10-20-9-6-18-26-20)23-16-12-22(13-17-23,24-14-4-5-15-24)19-7-2-1-3-8-19/h1-3,6-9,18H,4-5,10-17H2. The Labute approximate surface area is 160 Å².